The molecule has 1 unspecified atom stereocenters. The molecule has 2 amide bonds. The number of amides is 2. The molecule has 0 radical (unpaired) electrons. The number of hydrogen-bond acceptors (Lipinski definition) is 5. The van der Waals surface area contributed by atoms with Crippen molar-refractivity contribution in [2.24, 2.45) is 5.92 Å². The van der Waals surface area contributed by atoms with Crippen LogP contribution in [0.2, 0.25) is 0 Å². The van der Waals surface area contributed by atoms with Crippen molar-refractivity contribution in [2.45, 2.75) is 31.7 Å². The van der Waals surface area contributed by atoms with Gasteiger partial charge >= 0.3 is 0 Å². The molecule has 3 saturated heterocycles. The summed E-state index contributed by atoms with van der Waals surface area (Å²) >= 11 is 0. The molecule has 0 saturated carbocycles. The second-order valence-corrected chi connectivity index (χ2v) is 8.04. The third-order valence-corrected chi connectivity index (χ3v) is 6.30. The first-order valence-corrected chi connectivity index (χ1v) is 10.5. The van der Waals surface area contributed by atoms with Crippen LogP contribution < -0.4 is 0 Å². The fourth-order valence-electron chi connectivity index (χ4n) is 4.69. The van der Waals surface area contributed by atoms with E-state index in [1.54, 1.807) is 18.5 Å². The van der Waals surface area contributed by atoms with Crippen LogP contribution >= 0.6 is 0 Å². The van der Waals surface area contributed by atoms with E-state index >= 15 is 0 Å². The average Bonchev–Trinajstić information content (AvgIpc) is 2.79. The van der Waals surface area contributed by atoms with E-state index in [1.165, 1.54) is 0 Å². The predicted octanol–water partition coefficient (Wildman–Crippen LogP) is 1.26. The number of rotatable bonds is 3. The van der Waals surface area contributed by atoms with Crippen LogP contribution in [0.4, 0.5) is 0 Å². The molecule has 0 spiro atoms. The van der Waals surface area contributed by atoms with Crippen LogP contribution in [0.3, 0.4) is 0 Å². The summed E-state index contributed by atoms with van der Waals surface area (Å²) in [5, 5.41) is 0. The molecule has 0 bridgehead atoms. The quantitative estimate of drug-likeness (QED) is 0.782. The number of morpholine rings is 1. The molecule has 28 heavy (non-hydrogen) atoms. The summed E-state index contributed by atoms with van der Waals surface area (Å²) in [6, 6.07) is 4.10. The first kappa shape index (κ1) is 19.3. The highest BCUT2D eigenvalue weighted by Crippen LogP contribution is 2.26. The fraction of sp³-hybridized carbons (Fsp3) is 0.667. The maximum atomic E-state index is 12.9. The number of ether oxygens (including phenoxy) is 1. The number of aromatic nitrogens is 1. The maximum Gasteiger partial charge on any atom is 0.255 e. The number of carbonyl (C=O) groups is 2. The summed E-state index contributed by atoms with van der Waals surface area (Å²) in [6.07, 6.45) is 7.35. The number of likely N-dealkylation sites (tertiary alicyclic amines) is 2. The summed E-state index contributed by atoms with van der Waals surface area (Å²) in [5.41, 5.74) is 0.662. The highest BCUT2D eigenvalue weighted by molar-refractivity contribution is 5.93. The lowest BCUT2D eigenvalue weighted by Gasteiger charge is -2.43. The lowest BCUT2D eigenvalue weighted by Crippen LogP contribution is -2.53. The summed E-state index contributed by atoms with van der Waals surface area (Å²) in [5.74, 6) is 0.490. The van der Waals surface area contributed by atoms with Gasteiger partial charge in [-0.05, 0) is 44.4 Å². The van der Waals surface area contributed by atoms with Gasteiger partial charge in [-0.25, -0.2) is 0 Å². The number of nitrogens with zero attached hydrogens (tertiary/aromatic N) is 4. The van der Waals surface area contributed by atoms with Crippen molar-refractivity contribution in [1.29, 1.82) is 0 Å². The van der Waals surface area contributed by atoms with Crippen molar-refractivity contribution in [3.8, 4) is 0 Å². The molecule has 3 fully saturated rings. The maximum absolute atomic E-state index is 12.9. The molecule has 0 aliphatic carbocycles. The molecule has 152 valence electrons. The standard InChI is InChI=1S/C21H30N4O3/c26-20(17-3-1-7-22-15-17)23-9-5-19(6-10-23)25-8-2-4-18(16-25)21(27)24-11-13-28-14-12-24/h1,3,7,15,18-19H,2,4-6,8-14,16H2. The van der Waals surface area contributed by atoms with Crippen molar-refractivity contribution < 1.29 is 14.3 Å². The molecule has 7 heteroatoms. The third kappa shape index (κ3) is 4.36. The summed E-state index contributed by atoms with van der Waals surface area (Å²) < 4.78 is 5.37. The molecule has 1 aromatic rings. The SMILES string of the molecule is O=C(c1cccnc1)N1CCC(N2CCCC(C(=O)N3CCOCC3)C2)CC1. The molecule has 0 aromatic carbocycles. The van der Waals surface area contributed by atoms with E-state index in [-0.39, 0.29) is 11.8 Å². The Bertz CT molecular complexity index is 669. The Kier molecular flexibility index (Phi) is 6.22. The van der Waals surface area contributed by atoms with E-state index < -0.39 is 0 Å². The van der Waals surface area contributed by atoms with Gasteiger partial charge in [-0.1, -0.05) is 0 Å². The Hall–Kier alpha value is -1.99. The predicted molar refractivity (Wildman–Crippen MR) is 105 cm³/mol. The largest absolute Gasteiger partial charge is 0.378 e. The van der Waals surface area contributed by atoms with Crippen molar-refractivity contribution in [3.63, 3.8) is 0 Å². The van der Waals surface area contributed by atoms with E-state index in [1.807, 2.05) is 15.9 Å². The van der Waals surface area contributed by atoms with Gasteiger partial charge in [0.1, 0.15) is 0 Å². The molecule has 3 aliphatic heterocycles. The molecular weight excluding hydrogens is 356 g/mol. The van der Waals surface area contributed by atoms with Crippen molar-refractivity contribution in [1.82, 2.24) is 19.7 Å². The van der Waals surface area contributed by atoms with Crippen molar-refractivity contribution >= 4 is 11.8 Å². The summed E-state index contributed by atoms with van der Waals surface area (Å²) in [7, 11) is 0. The molecule has 7 nitrogen and oxygen atoms in total. The van der Waals surface area contributed by atoms with Gasteiger partial charge in [0.15, 0.2) is 0 Å². The van der Waals surface area contributed by atoms with E-state index in [0.29, 0.717) is 30.7 Å². The molecule has 4 rings (SSSR count). The fourth-order valence-corrected chi connectivity index (χ4v) is 4.69. The highest BCUT2D eigenvalue weighted by Gasteiger charge is 2.34. The Morgan fingerprint density at radius 1 is 1.00 bits per heavy atom. The molecule has 3 aliphatic rings. The van der Waals surface area contributed by atoms with Crippen LogP contribution in [-0.2, 0) is 9.53 Å². The zero-order valence-electron chi connectivity index (χ0n) is 16.5. The lowest BCUT2D eigenvalue weighted by atomic mass is 9.92. The van der Waals surface area contributed by atoms with Crippen molar-refractivity contribution in [3.05, 3.63) is 30.1 Å². The van der Waals surface area contributed by atoms with Gasteiger partial charge < -0.3 is 14.5 Å². The van der Waals surface area contributed by atoms with Gasteiger partial charge in [0.25, 0.3) is 5.91 Å². The van der Waals surface area contributed by atoms with Crippen LogP contribution in [0.5, 0.6) is 0 Å². The van der Waals surface area contributed by atoms with E-state index in [2.05, 4.69) is 9.88 Å². The monoisotopic (exact) mass is 386 g/mol. The zero-order chi connectivity index (χ0) is 19.3. The Balaban J connectivity index is 1.29. The van der Waals surface area contributed by atoms with E-state index in [0.717, 1.165) is 65.0 Å². The molecule has 1 atom stereocenters. The topological polar surface area (TPSA) is 66.0 Å². The zero-order valence-corrected chi connectivity index (χ0v) is 16.5. The summed E-state index contributed by atoms with van der Waals surface area (Å²) in [4.78, 5) is 35.9. The van der Waals surface area contributed by atoms with Crippen LogP contribution in [0.25, 0.3) is 0 Å². The number of carbonyl (C=O) groups excluding carboxylic acids is 2. The minimum Gasteiger partial charge on any atom is -0.378 e. The summed E-state index contributed by atoms with van der Waals surface area (Å²) in [6.45, 7) is 6.24. The van der Waals surface area contributed by atoms with E-state index in [9.17, 15) is 9.59 Å². The third-order valence-electron chi connectivity index (χ3n) is 6.30. The van der Waals surface area contributed by atoms with E-state index in [4.69, 9.17) is 4.74 Å². The molecule has 1 aromatic heterocycles. The van der Waals surface area contributed by atoms with Gasteiger partial charge in [0.05, 0.1) is 24.7 Å². The average molecular weight is 386 g/mol. The first-order chi connectivity index (χ1) is 13.7. The van der Waals surface area contributed by atoms with Crippen LogP contribution in [0, 0.1) is 5.92 Å². The van der Waals surface area contributed by atoms with Gasteiger partial charge in [-0.2, -0.15) is 0 Å². The minimum atomic E-state index is 0.0746. The Morgan fingerprint density at radius 2 is 1.79 bits per heavy atom. The van der Waals surface area contributed by atoms with Crippen LogP contribution in [-0.4, -0.2) is 90.0 Å². The second-order valence-electron chi connectivity index (χ2n) is 8.04. The molecule has 0 N–H and O–H groups in total. The van der Waals surface area contributed by atoms with Crippen LogP contribution in [0.1, 0.15) is 36.0 Å². The Morgan fingerprint density at radius 3 is 2.50 bits per heavy atom. The molecular formula is C21H30N4O3. The number of hydrogen-bond donors (Lipinski definition) is 0. The first-order valence-electron chi connectivity index (χ1n) is 10.5. The normalized spacial score (nSPS) is 24.9. The second kappa shape index (κ2) is 9.01. The van der Waals surface area contributed by atoms with Gasteiger partial charge in [0.2, 0.25) is 5.91 Å². The number of pyridine rings is 1. The van der Waals surface area contributed by atoms with Crippen LogP contribution in [0.15, 0.2) is 24.5 Å². The van der Waals surface area contributed by atoms with Crippen molar-refractivity contribution in [2.75, 3.05) is 52.5 Å². The van der Waals surface area contributed by atoms with Gasteiger partial charge in [-0.3, -0.25) is 19.5 Å². The minimum absolute atomic E-state index is 0.0746. The smallest absolute Gasteiger partial charge is 0.255 e. The van der Waals surface area contributed by atoms with Gasteiger partial charge in [-0.15, -0.1) is 0 Å². The number of piperidine rings is 2. The Labute approximate surface area is 166 Å². The lowest BCUT2D eigenvalue weighted by molar-refractivity contribution is -0.141. The molecule has 4 heterocycles. The highest BCUT2D eigenvalue weighted by atomic mass is 16.5. The van der Waals surface area contributed by atoms with Gasteiger partial charge in [0, 0.05) is 51.2 Å².